The summed E-state index contributed by atoms with van der Waals surface area (Å²) in [5.74, 6) is -13.9. The fourth-order valence-corrected chi connectivity index (χ4v) is 1.42. The summed E-state index contributed by atoms with van der Waals surface area (Å²) < 4.78 is 78.5. The van der Waals surface area contributed by atoms with Crippen LogP contribution < -0.4 is 0 Å². The minimum Gasteiger partial charge on any atom is -0.203 e. The molecule has 0 unspecified atom stereocenters. The van der Waals surface area contributed by atoms with Crippen LogP contribution in [0, 0.1) is 40.4 Å². The number of rotatable bonds is 0. The molecule has 9 heteroatoms. The number of nitrogens with zero attached hydrogens (tertiary/aromatic N) is 3. The third kappa shape index (κ3) is 1.38. The van der Waals surface area contributed by atoms with E-state index in [9.17, 15) is 26.3 Å². The lowest BCUT2D eigenvalue weighted by atomic mass is 10.1. The van der Waals surface area contributed by atoms with E-state index in [1.807, 2.05) is 0 Å². The lowest BCUT2D eigenvalue weighted by Gasteiger charge is -2.02. The highest BCUT2D eigenvalue weighted by molar-refractivity contribution is 5.93. The first-order valence-corrected chi connectivity index (χ1v) is 4.25. The summed E-state index contributed by atoms with van der Waals surface area (Å²) in [6.45, 7) is 0. The van der Waals surface area contributed by atoms with E-state index in [2.05, 4.69) is 9.96 Å². The molecule has 1 aromatic heterocycles. The molecule has 0 amide bonds. The molecule has 0 aliphatic carbocycles. The van der Waals surface area contributed by atoms with Gasteiger partial charge in [-0.05, 0) is 0 Å². The molecule has 0 aliphatic heterocycles. The quantitative estimate of drug-likeness (QED) is 0.240. The Morgan fingerprint density at radius 1 is 0.722 bits per heavy atom. The van der Waals surface area contributed by atoms with Gasteiger partial charge in [-0.1, -0.05) is 0 Å². The molecule has 2 aromatic rings. The van der Waals surface area contributed by atoms with E-state index < -0.39 is 51.6 Å². The van der Waals surface area contributed by atoms with Gasteiger partial charge in [0.05, 0.1) is 10.8 Å². The minimum atomic E-state index is -2.31. The van der Waals surface area contributed by atoms with E-state index >= 15 is 0 Å². The van der Waals surface area contributed by atoms with Crippen LogP contribution in [-0.2, 0) is 0 Å². The zero-order chi connectivity index (χ0) is 13.6. The maximum absolute atomic E-state index is 13.3. The van der Waals surface area contributed by atoms with Gasteiger partial charge in [0.25, 0.3) is 0 Å². The first-order chi connectivity index (χ1) is 8.40. The third-order valence-electron chi connectivity index (χ3n) is 2.19. The average Bonchev–Trinajstić information content (AvgIpc) is 2.36. The second kappa shape index (κ2) is 3.83. The topological polar surface area (TPSA) is 41.0 Å². The first-order valence-electron chi connectivity index (χ1n) is 4.25. The van der Waals surface area contributed by atoms with Gasteiger partial charge in [0.1, 0.15) is 5.39 Å². The van der Waals surface area contributed by atoms with Crippen LogP contribution in [0.4, 0.5) is 32.2 Å². The Bertz CT molecular complexity index is 721. The van der Waals surface area contributed by atoms with Crippen molar-refractivity contribution in [3.63, 3.8) is 0 Å². The molecule has 92 valence electrons. The molecule has 0 aliphatic rings. The van der Waals surface area contributed by atoms with Gasteiger partial charge in [-0.25, -0.2) is 17.6 Å². The van der Waals surface area contributed by atoms with Crippen LogP contribution >= 0.6 is 0 Å². The molecule has 0 N–H and O–H groups in total. The number of hydrogen-bond donors (Lipinski definition) is 0. The normalized spacial score (nSPS) is 10.7. The number of diazo groups is 1. The highest BCUT2D eigenvalue weighted by Gasteiger charge is 2.33. The summed E-state index contributed by atoms with van der Waals surface area (Å²) in [6.07, 6.45) is 0. The molecular formula is C9F6N3+. The van der Waals surface area contributed by atoms with Crippen LogP contribution in [0.25, 0.3) is 15.7 Å². The summed E-state index contributed by atoms with van der Waals surface area (Å²) in [5, 5.41) is 5.57. The Hall–Kier alpha value is -2.37. The van der Waals surface area contributed by atoms with E-state index in [0.29, 0.717) is 0 Å². The molecule has 0 saturated heterocycles. The van der Waals surface area contributed by atoms with Gasteiger partial charge in [-0.3, -0.25) is 0 Å². The predicted molar refractivity (Wildman–Crippen MR) is 46.2 cm³/mol. The fraction of sp³-hybridized carbons (Fsp3) is 0. The Balaban J connectivity index is 3.21. The monoisotopic (exact) mass is 264 g/mol. The van der Waals surface area contributed by atoms with Crippen LogP contribution in [0.1, 0.15) is 0 Å². The van der Waals surface area contributed by atoms with Crippen molar-refractivity contribution in [2.45, 2.75) is 0 Å². The fourth-order valence-electron chi connectivity index (χ4n) is 1.42. The molecule has 1 heterocycles. The predicted octanol–water partition coefficient (Wildman–Crippen LogP) is 3.55. The molecule has 0 spiro atoms. The van der Waals surface area contributed by atoms with Crippen LogP contribution in [-0.4, -0.2) is 4.98 Å². The molecule has 0 saturated carbocycles. The molecule has 0 fully saturated rings. The highest BCUT2D eigenvalue weighted by atomic mass is 19.2. The van der Waals surface area contributed by atoms with E-state index in [4.69, 9.17) is 5.39 Å². The van der Waals surface area contributed by atoms with Gasteiger partial charge in [-0.15, -0.1) is 0 Å². The van der Waals surface area contributed by atoms with E-state index in [1.54, 1.807) is 0 Å². The minimum absolute atomic E-state index is 1.21. The third-order valence-corrected chi connectivity index (χ3v) is 2.19. The molecule has 1 aromatic carbocycles. The maximum Gasteiger partial charge on any atom is 0.478 e. The van der Waals surface area contributed by atoms with E-state index in [1.165, 1.54) is 0 Å². The van der Waals surface area contributed by atoms with Gasteiger partial charge in [0.15, 0.2) is 23.3 Å². The van der Waals surface area contributed by atoms with E-state index in [0.717, 1.165) is 0 Å². The molecular weight excluding hydrogens is 264 g/mol. The van der Waals surface area contributed by atoms with Gasteiger partial charge >= 0.3 is 11.8 Å². The molecule has 0 atom stereocenters. The number of halogens is 6. The van der Waals surface area contributed by atoms with Crippen LogP contribution in [0.2, 0.25) is 0 Å². The van der Waals surface area contributed by atoms with Gasteiger partial charge in [0, 0.05) is 9.96 Å². The van der Waals surface area contributed by atoms with Crippen molar-refractivity contribution in [2.24, 2.45) is 0 Å². The average molecular weight is 264 g/mol. The standard InChI is InChI=1S/C9F6N3/c10-3-1-2(4(11)7(14)6(3)13)9(18-16)17-8(15)5(1)12/q+1. The molecule has 0 bridgehead atoms. The Morgan fingerprint density at radius 2 is 1.22 bits per heavy atom. The van der Waals surface area contributed by atoms with Crippen molar-refractivity contribution in [2.75, 3.05) is 0 Å². The van der Waals surface area contributed by atoms with E-state index in [-0.39, 0.29) is 0 Å². The summed E-state index contributed by atoms with van der Waals surface area (Å²) in [7, 11) is 0. The summed E-state index contributed by atoms with van der Waals surface area (Å²) >= 11 is 0. The largest absolute Gasteiger partial charge is 0.478 e. The number of aromatic nitrogens is 1. The summed E-state index contributed by atoms with van der Waals surface area (Å²) in [4.78, 5) is 4.90. The van der Waals surface area contributed by atoms with Crippen molar-refractivity contribution in [3.05, 3.63) is 40.0 Å². The van der Waals surface area contributed by atoms with Crippen molar-refractivity contribution >= 4 is 16.6 Å². The molecule has 0 radical (unpaired) electrons. The Morgan fingerprint density at radius 3 is 1.72 bits per heavy atom. The number of pyridine rings is 1. The van der Waals surface area contributed by atoms with Crippen molar-refractivity contribution in [3.8, 4) is 0 Å². The maximum atomic E-state index is 13.3. The van der Waals surface area contributed by atoms with Gasteiger partial charge < -0.3 is 0 Å². The van der Waals surface area contributed by atoms with Crippen molar-refractivity contribution in [1.29, 1.82) is 5.39 Å². The first kappa shape index (κ1) is 12.1. The molecule has 2 rings (SSSR count). The lowest BCUT2D eigenvalue weighted by Crippen LogP contribution is -2.03. The second-order valence-electron chi connectivity index (χ2n) is 3.15. The van der Waals surface area contributed by atoms with Crippen LogP contribution in [0.5, 0.6) is 0 Å². The number of fused-ring (bicyclic) bond motifs is 1. The SMILES string of the molecule is N#[N+]c1nc(F)c(F)c2c(F)c(F)c(F)c(F)c12. The number of benzene rings is 1. The van der Waals surface area contributed by atoms with Crippen LogP contribution in [0.15, 0.2) is 0 Å². The zero-order valence-electron chi connectivity index (χ0n) is 8.11. The lowest BCUT2D eigenvalue weighted by molar-refractivity contribution is 0.413. The van der Waals surface area contributed by atoms with Gasteiger partial charge in [0.2, 0.25) is 5.82 Å². The zero-order valence-corrected chi connectivity index (χ0v) is 8.11. The molecule has 18 heavy (non-hydrogen) atoms. The Kier molecular flexibility index (Phi) is 2.58. The van der Waals surface area contributed by atoms with Crippen LogP contribution in [0.3, 0.4) is 0 Å². The van der Waals surface area contributed by atoms with Crippen molar-refractivity contribution in [1.82, 2.24) is 4.98 Å². The Labute approximate surface area is 94.3 Å². The summed E-state index contributed by atoms with van der Waals surface area (Å²) in [6, 6.07) is 0. The smallest absolute Gasteiger partial charge is 0.203 e. The number of hydrogen-bond acceptors (Lipinski definition) is 2. The molecule has 3 nitrogen and oxygen atoms in total. The second-order valence-corrected chi connectivity index (χ2v) is 3.15. The van der Waals surface area contributed by atoms with Crippen molar-refractivity contribution < 1.29 is 26.3 Å². The highest BCUT2D eigenvalue weighted by Crippen LogP contribution is 2.34. The van der Waals surface area contributed by atoms with Gasteiger partial charge in [-0.2, -0.15) is 8.78 Å². The summed E-state index contributed by atoms with van der Waals surface area (Å²) in [5.41, 5.74) is 0.